The van der Waals surface area contributed by atoms with Gasteiger partial charge in [0.25, 0.3) is 0 Å². The molecule has 5 heteroatoms. The highest BCUT2D eigenvalue weighted by molar-refractivity contribution is 5.69. The number of esters is 1. The van der Waals surface area contributed by atoms with Gasteiger partial charge in [0.05, 0.1) is 0 Å². The first kappa shape index (κ1) is 22.9. The Morgan fingerprint density at radius 2 is 1.50 bits per heavy atom. The van der Waals surface area contributed by atoms with E-state index < -0.39 is 5.97 Å². The third-order valence-electron chi connectivity index (χ3n) is 6.45. The lowest BCUT2D eigenvalue weighted by molar-refractivity contribution is -0.168. The Kier molecular flexibility index (Phi) is 8.58. The van der Waals surface area contributed by atoms with Crippen molar-refractivity contribution in [2.45, 2.75) is 110 Å². The zero-order valence-corrected chi connectivity index (χ0v) is 17.6. The fourth-order valence-corrected chi connectivity index (χ4v) is 3.97. The highest BCUT2D eigenvalue weighted by Crippen LogP contribution is 2.42. The van der Waals surface area contributed by atoms with E-state index in [1.54, 1.807) is 0 Å². The van der Waals surface area contributed by atoms with Crippen LogP contribution in [0, 0.1) is 5.92 Å². The number of carbonyl (C=O) groups is 2. The molecule has 0 amide bonds. The average molecular weight is 370 g/mol. The van der Waals surface area contributed by atoms with Crippen LogP contribution in [0.25, 0.3) is 0 Å². The van der Waals surface area contributed by atoms with Crippen LogP contribution in [-0.4, -0.2) is 46.2 Å². The molecule has 152 valence electrons. The molecular formula is C21H39NO4. The summed E-state index contributed by atoms with van der Waals surface area (Å²) in [6.45, 7) is 11.1. The second-order valence-corrected chi connectivity index (χ2v) is 9.06. The maximum atomic E-state index is 12.3. The topological polar surface area (TPSA) is 66.8 Å². The standard InChI is InChI=1S/C21H39NO4/c1-16-17(15-20(2,3)22(6)21(16,4)5)26-19(25)14-12-10-8-7-9-11-13-18(23)24/h16-17H,7-15H2,1-6H3,(H,23,24)/t16-,17+/m1/s1. The van der Waals surface area contributed by atoms with Gasteiger partial charge in [-0.15, -0.1) is 0 Å². The number of hydrogen-bond acceptors (Lipinski definition) is 4. The molecular weight excluding hydrogens is 330 g/mol. The molecule has 1 rings (SSSR count). The summed E-state index contributed by atoms with van der Waals surface area (Å²) in [5.74, 6) is -0.509. The Labute approximate surface area is 159 Å². The Hall–Kier alpha value is -1.10. The van der Waals surface area contributed by atoms with Gasteiger partial charge < -0.3 is 9.84 Å². The summed E-state index contributed by atoms with van der Waals surface area (Å²) in [6, 6.07) is 0. The molecule has 0 bridgehead atoms. The molecule has 1 saturated heterocycles. The fraction of sp³-hybridized carbons (Fsp3) is 0.905. The lowest BCUT2D eigenvalue weighted by atomic mass is 9.72. The Morgan fingerprint density at radius 3 is 2.04 bits per heavy atom. The van der Waals surface area contributed by atoms with E-state index >= 15 is 0 Å². The van der Waals surface area contributed by atoms with Gasteiger partial charge in [0, 0.05) is 36.3 Å². The van der Waals surface area contributed by atoms with Crippen LogP contribution in [0.1, 0.15) is 92.4 Å². The van der Waals surface area contributed by atoms with Crippen molar-refractivity contribution in [3.63, 3.8) is 0 Å². The minimum Gasteiger partial charge on any atom is -0.481 e. The summed E-state index contributed by atoms with van der Waals surface area (Å²) in [7, 11) is 2.16. The highest BCUT2D eigenvalue weighted by atomic mass is 16.5. The molecule has 0 unspecified atom stereocenters. The third-order valence-corrected chi connectivity index (χ3v) is 6.45. The van der Waals surface area contributed by atoms with Crippen LogP contribution in [0.3, 0.4) is 0 Å². The summed E-state index contributed by atoms with van der Waals surface area (Å²) in [5, 5.41) is 8.59. The first-order valence-corrected chi connectivity index (χ1v) is 10.1. The van der Waals surface area contributed by atoms with E-state index in [1.165, 1.54) is 0 Å². The van der Waals surface area contributed by atoms with Crippen LogP contribution in [-0.2, 0) is 14.3 Å². The molecule has 0 aromatic rings. The molecule has 1 aliphatic heterocycles. The molecule has 1 N–H and O–H groups in total. The number of hydrogen-bond donors (Lipinski definition) is 1. The minimum atomic E-state index is -0.720. The maximum absolute atomic E-state index is 12.3. The van der Waals surface area contributed by atoms with Crippen LogP contribution in [0.15, 0.2) is 0 Å². The highest BCUT2D eigenvalue weighted by Gasteiger charge is 2.49. The van der Waals surface area contributed by atoms with Gasteiger partial charge in [-0.25, -0.2) is 0 Å². The minimum absolute atomic E-state index is 0.0108. The number of ether oxygens (including phenoxy) is 1. The van der Waals surface area contributed by atoms with Crippen LogP contribution in [0.4, 0.5) is 0 Å². The van der Waals surface area contributed by atoms with Gasteiger partial charge in [0.15, 0.2) is 0 Å². The Morgan fingerprint density at radius 1 is 1.00 bits per heavy atom. The molecule has 1 fully saturated rings. The third kappa shape index (κ3) is 6.57. The quantitative estimate of drug-likeness (QED) is 0.449. The van der Waals surface area contributed by atoms with Crippen LogP contribution in [0.2, 0.25) is 0 Å². The summed E-state index contributed by atoms with van der Waals surface area (Å²) < 4.78 is 5.86. The lowest BCUT2D eigenvalue weighted by Crippen LogP contribution is -2.64. The number of unbranched alkanes of at least 4 members (excludes halogenated alkanes) is 5. The Bertz CT molecular complexity index is 473. The van der Waals surface area contributed by atoms with Gasteiger partial charge >= 0.3 is 11.9 Å². The van der Waals surface area contributed by atoms with E-state index in [-0.39, 0.29) is 29.6 Å². The van der Waals surface area contributed by atoms with Gasteiger partial charge in [-0.2, -0.15) is 0 Å². The summed E-state index contributed by atoms with van der Waals surface area (Å²) in [6.07, 6.45) is 7.22. The van der Waals surface area contributed by atoms with Gasteiger partial charge in [-0.3, -0.25) is 14.5 Å². The number of likely N-dealkylation sites (tertiary alicyclic amines) is 1. The van der Waals surface area contributed by atoms with Crippen molar-refractivity contribution in [2.24, 2.45) is 5.92 Å². The molecule has 0 spiro atoms. The lowest BCUT2D eigenvalue weighted by Gasteiger charge is -2.56. The van der Waals surface area contributed by atoms with Crippen molar-refractivity contribution in [3.8, 4) is 0 Å². The fourth-order valence-electron chi connectivity index (χ4n) is 3.97. The normalized spacial score (nSPS) is 25.0. The first-order valence-electron chi connectivity index (χ1n) is 10.1. The van der Waals surface area contributed by atoms with E-state index in [4.69, 9.17) is 9.84 Å². The molecule has 0 saturated carbocycles. The zero-order chi connectivity index (χ0) is 20.0. The molecule has 2 atom stereocenters. The summed E-state index contributed by atoms with van der Waals surface area (Å²) in [4.78, 5) is 25.1. The van der Waals surface area contributed by atoms with E-state index in [2.05, 4.69) is 46.6 Å². The number of carboxylic acids is 1. The van der Waals surface area contributed by atoms with Crippen molar-refractivity contribution < 1.29 is 19.4 Å². The van der Waals surface area contributed by atoms with Gasteiger partial charge in [-0.05, 0) is 47.6 Å². The number of rotatable bonds is 10. The van der Waals surface area contributed by atoms with Crippen molar-refractivity contribution in [2.75, 3.05) is 7.05 Å². The van der Waals surface area contributed by atoms with Crippen molar-refractivity contribution in [3.05, 3.63) is 0 Å². The van der Waals surface area contributed by atoms with Gasteiger partial charge in [-0.1, -0.05) is 32.6 Å². The van der Waals surface area contributed by atoms with Crippen LogP contribution >= 0.6 is 0 Å². The smallest absolute Gasteiger partial charge is 0.306 e. The molecule has 0 aliphatic carbocycles. The van der Waals surface area contributed by atoms with Crippen molar-refractivity contribution in [1.82, 2.24) is 4.90 Å². The average Bonchev–Trinajstić information content (AvgIpc) is 2.53. The Balaban J connectivity index is 2.29. The zero-order valence-electron chi connectivity index (χ0n) is 17.6. The molecule has 0 radical (unpaired) electrons. The first-order chi connectivity index (χ1) is 12.0. The number of piperidine rings is 1. The van der Waals surface area contributed by atoms with E-state index in [9.17, 15) is 9.59 Å². The number of carboxylic acid groups (broad SMARTS) is 1. The molecule has 26 heavy (non-hydrogen) atoms. The number of carbonyl (C=O) groups excluding carboxylic acids is 1. The van der Waals surface area contributed by atoms with Crippen molar-refractivity contribution >= 4 is 11.9 Å². The number of nitrogens with zero attached hydrogens (tertiary/aromatic N) is 1. The van der Waals surface area contributed by atoms with Gasteiger partial charge in [0.2, 0.25) is 0 Å². The van der Waals surface area contributed by atoms with E-state index in [0.29, 0.717) is 12.3 Å². The summed E-state index contributed by atoms with van der Waals surface area (Å²) in [5.41, 5.74) is -0.000439. The van der Waals surface area contributed by atoms with Crippen molar-refractivity contribution in [1.29, 1.82) is 0 Å². The largest absolute Gasteiger partial charge is 0.481 e. The van der Waals surface area contributed by atoms with E-state index in [0.717, 1.165) is 44.9 Å². The maximum Gasteiger partial charge on any atom is 0.306 e. The molecule has 5 nitrogen and oxygen atoms in total. The SMILES string of the molecule is C[C@@H]1[C@@H](OC(=O)CCCCCCCCC(=O)O)CC(C)(C)N(C)C1(C)C. The second kappa shape index (κ2) is 9.72. The predicted molar refractivity (Wildman–Crippen MR) is 104 cm³/mol. The number of aliphatic carboxylic acids is 1. The van der Waals surface area contributed by atoms with Crippen LogP contribution in [0.5, 0.6) is 0 Å². The molecule has 1 heterocycles. The monoisotopic (exact) mass is 369 g/mol. The predicted octanol–water partition coefficient (Wildman–Crippen LogP) is 4.63. The van der Waals surface area contributed by atoms with Crippen LogP contribution < -0.4 is 0 Å². The summed E-state index contributed by atoms with van der Waals surface area (Å²) >= 11 is 0. The molecule has 0 aromatic carbocycles. The van der Waals surface area contributed by atoms with E-state index in [1.807, 2.05) is 0 Å². The molecule has 1 aliphatic rings. The second-order valence-electron chi connectivity index (χ2n) is 9.06. The molecule has 0 aromatic heterocycles. The van der Waals surface area contributed by atoms with Gasteiger partial charge in [0.1, 0.15) is 6.10 Å².